The summed E-state index contributed by atoms with van der Waals surface area (Å²) in [7, 11) is 0. The number of amides is 7. The lowest BCUT2D eigenvalue weighted by molar-refractivity contribution is -0.146. The number of guanidine groups is 2. The smallest absolute Gasteiger partial charge is 0.245 e. The minimum absolute atomic E-state index is 0.0272. The van der Waals surface area contributed by atoms with Gasteiger partial charge in [-0.2, -0.15) is 0 Å². The van der Waals surface area contributed by atoms with E-state index >= 15 is 0 Å². The second-order valence-electron chi connectivity index (χ2n) is 16.2. The summed E-state index contributed by atoms with van der Waals surface area (Å²) in [5.41, 5.74) is 39.9. The number of nitrogens with one attached hydrogen (secondary N) is 4. The van der Waals surface area contributed by atoms with Gasteiger partial charge in [-0.1, -0.05) is 39.3 Å². The standard InChI is InChI=1S/C41H71N15O8/c1-4-8-29(35(60)53-30(21-25-12-14-26(57)15-13-25)36(61)54-31(22-42)37(62)52-28(34(44)59)16-11-24(2)3)51-33(58)23-55(19-7-18-50-41(47)48)39(64)32-10-6-20-56(32)38(63)27(43)9-5-17-49-40(45)46/h12-15,24,27-32,57H,4-11,16-23,42-43H2,1-3H3,(H2,44,59)(H,51,58)(H,52,62)(H,53,60)(H,54,61)(H4,45,46,49)(H4,47,48,50)/t27-,28-,29-,30-,31-,32-/m0/s1. The van der Waals surface area contributed by atoms with Crippen molar-refractivity contribution in [2.24, 2.45) is 56.0 Å². The van der Waals surface area contributed by atoms with Crippen LogP contribution in [0.15, 0.2) is 34.3 Å². The first-order chi connectivity index (χ1) is 30.3. The van der Waals surface area contributed by atoms with E-state index < -0.39 is 84.1 Å². The van der Waals surface area contributed by atoms with Crippen molar-refractivity contribution in [3.8, 4) is 5.75 Å². The molecule has 0 saturated carbocycles. The van der Waals surface area contributed by atoms with Gasteiger partial charge in [0.05, 0.1) is 12.6 Å². The number of nitrogens with two attached hydrogens (primary N) is 7. The molecule has 7 amide bonds. The number of hydrogen-bond acceptors (Lipinski definition) is 12. The van der Waals surface area contributed by atoms with Gasteiger partial charge in [0.25, 0.3) is 0 Å². The maximum Gasteiger partial charge on any atom is 0.245 e. The van der Waals surface area contributed by atoms with Gasteiger partial charge in [0.2, 0.25) is 41.4 Å². The highest BCUT2D eigenvalue weighted by Crippen LogP contribution is 2.22. The summed E-state index contributed by atoms with van der Waals surface area (Å²) in [6, 6.07) is -0.733. The van der Waals surface area contributed by atoms with Crippen LogP contribution in [0, 0.1) is 5.92 Å². The van der Waals surface area contributed by atoms with Crippen LogP contribution in [0.1, 0.15) is 84.1 Å². The van der Waals surface area contributed by atoms with E-state index in [1.807, 2.05) is 13.8 Å². The molecule has 19 N–H and O–H groups in total. The third-order valence-electron chi connectivity index (χ3n) is 10.4. The van der Waals surface area contributed by atoms with Gasteiger partial charge >= 0.3 is 0 Å². The first kappa shape index (κ1) is 53.9. The van der Waals surface area contributed by atoms with Crippen LogP contribution in [-0.4, -0.2) is 144 Å². The number of nitrogens with zero attached hydrogens (tertiary/aromatic N) is 4. The number of aromatic hydroxyl groups is 1. The number of carbonyl (C=O) groups is 7. The third-order valence-corrected chi connectivity index (χ3v) is 10.4. The zero-order chi connectivity index (χ0) is 47.9. The Balaban J connectivity index is 2.30. The Morgan fingerprint density at radius 2 is 1.36 bits per heavy atom. The highest BCUT2D eigenvalue weighted by Gasteiger charge is 2.39. The average molecular weight is 902 g/mol. The van der Waals surface area contributed by atoms with E-state index in [9.17, 15) is 38.7 Å². The van der Waals surface area contributed by atoms with Gasteiger partial charge in [0.1, 0.15) is 36.0 Å². The van der Waals surface area contributed by atoms with E-state index in [0.717, 1.165) is 0 Å². The van der Waals surface area contributed by atoms with Gasteiger partial charge in [-0.05, 0) is 75.0 Å². The van der Waals surface area contributed by atoms with Crippen LogP contribution < -0.4 is 61.4 Å². The van der Waals surface area contributed by atoms with Crippen molar-refractivity contribution >= 4 is 53.3 Å². The molecule has 358 valence electrons. The molecule has 0 aliphatic carbocycles. The predicted octanol–water partition coefficient (Wildman–Crippen LogP) is -3.58. The van der Waals surface area contributed by atoms with Gasteiger partial charge in [-0.3, -0.25) is 43.5 Å². The van der Waals surface area contributed by atoms with Gasteiger partial charge in [0, 0.05) is 39.1 Å². The van der Waals surface area contributed by atoms with Crippen molar-refractivity contribution in [3.05, 3.63) is 29.8 Å². The molecule has 64 heavy (non-hydrogen) atoms. The molecule has 1 aromatic carbocycles. The fraction of sp³-hybridized carbons (Fsp3) is 0.634. The summed E-state index contributed by atoms with van der Waals surface area (Å²) < 4.78 is 0. The molecule has 2 rings (SSSR count). The Kier molecular flexibility index (Phi) is 23.4. The SMILES string of the molecule is CCC[C@H](NC(=O)CN(CCCN=C(N)N)C(=O)[C@@H]1CCCN1C(=O)[C@@H](N)CCCN=C(N)N)C(=O)N[C@@H](Cc1ccc(O)cc1)C(=O)N[C@@H](CN)C(=O)N[C@@H](CCC(C)C)C(N)=O. The minimum Gasteiger partial charge on any atom is -0.508 e. The number of carbonyl (C=O) groups excluding carboxylic acids is 7. The van der Waals surface area contributed by atoms with Crippen LogP contribution in [-0.2, 0) is 40.0 Å². The predicted molar refractivity (Wildman–Crippen MR) is 241 cm³/mol. The number of aliphatic imine (C=N–C) groups is 2. The normalized spacial score (nSPS) is 15.7. The molecule has 6 atom stereocenters. The van der Waals surface area contributed by atoms with Gasteiger partial charge in [-0.25, -0.2) is 0 Å². The van der Waals surface area contributed by atoms with E-state index in [2.05, 4.69) is 31.3 Å². The highest BCUT2D eigenvalue weighted by molar-refractivity contribution is 5.96. The molecular weight excluding hydrogens is 831 g/mol. The molecule has 0 unspecified atom stereocenters. The van der Waals surface area contributed by atoms with Crippen LogP contribution in [0.25, 0.3) is 0 Å². The number of primary amides is 1. The Bertz CT molecular complexity index is 1770. The molecule has 1 saturated heterocycles. The van der Waals surface area contributed by atoms with Crippen LogP contribution in [0.5, 0.6) is 5.75 Å². The van der Waals surface area contributed by atoms with Gasteiger partial charge in [-0.15, -0.1) is 0 Å². The molecule has 1 aliphatic heterocycles. The highest BCUT2D eigenvalue weighted by atomic mass is 16.3. The van der Waals surface area contributed by atoms with Crippen LogP contribution in [0.3, 0.4) is 0 Å². The Hall–Kier alpha value is -6.23. The number of phenolic OH excluding ortho intramolecular Hbond substituents is 1. The fourth-order valence-corrected chi connectivity index (χ4v) is 6.97. The molecule has 1 aliphatic rings. The van der Waals surface area contributed by atoms with Crippen molar-refractivity contribution in [3.63, 3.8) is 0 Å². The lowest BCUT2D eigenvalue weighted by atomic mass is 10.0. The summed E-state index contributed by atoms with van der Waals surface area (Å²) in [5.74, 6) is -4.70. The Morgan fingerprint density at radius 1 is 0.781 bits per heavy atom. The lowest BCUT2D eigenvalue weighted by Crippen LogP contribution is -2.60. The second kappa shape index (κ2) is 27.7. The van der Waals surface area contributed by atoms with Crippen molar-refractivity contribution < 1.29 is 38.7 Å². The Labute approximate surface area is 374 Å². The topological polar surface area (TPSA) is 401 Å². The Morgan fingerprint density at radius 3 is 1.94 bits per heavy atom. The zero-order valence-electron chi connectivity index (χ0n) is 37.3. The van der Waals surface area contributed by atoms with Crippen LogP contribution in [0.2, 0.25) is 0 Å². The monoisotopic (exact) mass is 902 g/mol. The molecule has 0 aromatic heterocycles. The van der Waals surface area contributed by atoms with Crippen molar-refractivity contribution in [1.82, 2.24) is 31.1 Å². The lowest BCUT2D eigenvalue weighted by Gasteiger charge is -2.32. The van der Waals surface area contributed by atoms with Gasteiger partial charge in [0.15, 0.2) is 11.9 Å². The fourth-order valence-electron chi connectivity index (χ4n) is 6.97. The molecule has 23 heteroatoms. The van der Waals surface area contributed by atoms with E-state index in [-0.39, 0.29) is 88.4 Å². The van der Waals surface area contributed by atoms with E-state index in [0.29, 0.717) is 37.7 Å². The van der Waals surface area contributed by atoms with Crippen molar-refractivity contribution in [2.75, 3.05) is 39.3 Å². The second-order valence-corrected chi connectivity index (χ2v) is 16.2. The van der Waals surface area contributed by atoms with Crippen LogP contribution >= 0.6 is 0 Å². The first-order valence-electron chi connectivity index (χ1n) is 21.7. The summed E-state index contributed by atoms with van der Waals surface area (Å²) in [5, 5.41) is 20.3. The largest absolute Gasteiger partial charge is 0.508 e. The van der Waals surface area contributed by atoms with Crippen LogP contribution in [0.4, 0.5) is 0 Å². The molecule has 1 fully saturated rings. The molecule has 23 nitrogen and oxygen atoms in total. The summed E-state index contributed by atoms with van der Waals surface area (Å²) in [6.07, 6.45) is 3.15. The quantitative estimate of drug-likeness (QED) is 0.0220. The van der Waals surface area contributed by atoms with Crippen molar-refractivity contribution in [1.29, 1.82) is 0 Å². The van der Waals surface area contributed by atoms with Crippen molar-refractivity contribution in [2.45, 2.75) is 121 Å². The maximum atomic E-state index is 14.1. The molecule has 0 radical (unpaired) electrons. The number of phenols is 1. The minimum atomic E-state index is -1.32. The maximum absolute atomic E-state index is 14.1. The average Bonchev–Trinajstić information content (AvgIpc) is 3.73. The van der Waals surface area contributed by atoms with E-state index in [1.165, 1.54) is 21.9 Å². The zero-order valence-corrected chi connectivity index (χ0v) is 37.3. The number of benzene rings is 1. The summed E-state index contributed by atoms with van der Waals surface area (Å²) >= 11 is 0. The van der Waals surface area contributed by atoms with E-state index in [1.54, 1.807) is 19.1 Å². The number of rotatable bonds is 28. The number of hydrogen-bond donors (Lipinski definition) is 12. The van der Waals surface area contributed by atoms with E-state index in [4.69, 9.17) is 40.1 Å². The third kappa shape index (κ3) is 19.0. The summed E-state index contributed by atoms with van der Waals surface area (Å²) in [6.45, 7) is 5.57. The molecule has 0 spiro atoms. The molecule has 1 heterocycles. The number of likely N-dealkylation sites (tertiary alicyclic amines) is 1. The molecule has 1 aromatic rings. The summed E-state index contributed by atoms with van der Waals surface area (Å²) in [4.78, 5) is 105. The first-order valence-corrected chi connectivity index (χ1v) is 21.7. The molecule has 0 bridgehead atoms. The molecular formula is C41H71N15O8. The van der Waals surface area contributed by atoms with Gasteiger partial charge < -0.3 is 76.3 Å².